The first-order valence-corrected chi connectivity index (χ1v) is 6.61. The van der Waals surface area contributed by atoms with E-state index in [0.29, 0.717) is 6.42 Å². The Morgan fingerprint density at radius 2 is 2.00 bits per heavy atom. The van der Waals surface area contributed by atoms with Gasteiger partial charge in [-0.15, -0.1) is 0 Å². The Morgan fingerprint density at radius 1 is 1.33 bits per heavy atom. The van der Waals surface area contributed by atoms with Crippen LogP contribution in [0.3, 0.4) is 0 Å². The topological polar surface area (TPSA) is 53.0 Å². The molecule has 1 aliphatic carbocycles. The van der Waals surface area contributed by atoms with Crippen LogP contribution in [0.15, 0.2) is 23.8 Å². The zero-order chi connectivity index (χ0) is 13.6. The highest BCUT2D eigenvalue weighted by molar-refractivity contribution is 5.35. The van der Waals surface area contributed by atoms with Crippen LogP contribution >= 0.6 is 0 Å². The largest absolute Gasteiger partial charge is 0.393 e. The summed E-state index contributed by atoms with van der Waals surface area (Å²) in [5, 5.41) is 18.8. The molecule has 0 radical (unpaired) electrons. The van der Waals surface area contributed by atoms with Crippen molar-refractivity contribution in [1.82, 2.24) is 0 Å². The second-order valence-corrected chi connectivity index (χ2v) is 6.48. The van der Waals surface area contributed by atoms with Crippen molar-refractivity contribution in [3.63, 3.8) is 0 Å². The third-order valence-electron chi connectivity index (χ3n) is 4.50. The normalized spacial score (nSPS) is 43.0. The summed E-state index contributed by atoms with van der Waals surface area (Å²) in [6.07, 6.45) is 7.08. The highest BCUT2D eigenvalue weighted by atomic mass is 16.6. The molecule has 2 N–H and O–H groups in total. The second kappa shape index (κ2) is 4.19. The van der Waals surface area contributed by atoms with Crippen molar-refractivity contribution in [2.24, 2.45) is 5.41 Å². The van der Waals surface area contributed by atoms with E-state index in [-0.39, 0.29) is 29.3 Å². The molecule has 0 spiro atoms. The second-order valence-electron chi connectivity index (χ2n) is 6.48. The molecule has 2 aliphatic rings. The van der Waals surface area contributed by atoms with E-state index in [9.17, 15) is 5.11 Å². The molecule has 2 fully saturated rings. The van der Waals surface area contributed by atoms with Crippen molar-refractivity contribution < 1.29 is 14.9 Å². The van der Waals surface area contributed by atoms with Gasteiger partial charge in [-0.1, -0.05) is 31.6 Å². The summed E-state index contributed by atoms with van der Waals surface area (Å²) < 4.78 is 6.03. The van der Waals surface area contributed by atoms with Crippen molar-refractivity contribution in [3.05, 3.63) is 23.8 Å². The molecule has 0 aromatic rings. The Kier molecular flexibility index (Phi) is 3.21. The number of aliphatic hydroxyl groups is 2. The van der Waals surface area contributed by atoms with E-state index in [4.69, 9.17) is 9.84 Å². The molecule has 0 bridgehead atoms. The molecule has 102 valence electrons. The molecule has 2 rings (SSSR count). The zero-order valence-corrected chi connectivity index (χ0v) is 11.7. The Labute approximate surface area is 109 Å². The smallest absolute Gasteiger partial charge is 0.121 e. The molecule has 3 heteroatoms. The standard InChI is InChI=1S/C15H24O3/c1-11(6-8-16)5-7-15-13(2,3)9-12(17)10-14(15,4)18-15/h5-7,12,16-17H,8-10H2,1-4H3/b7-5+,11-6-/t12-,14+,15-/m0/s1. The third kappa shape index (κ3) is 1.94. The van der Waals surface area contributed by atoms with Gasteiger partial charge in [0.05, 0.1) is 12.7 Å². The van der Waals surface area contributed by atoms with Crippen LogP contribution in [0.5, 0.6) is 0 Å². The van der Waals surface area contributed by atoms with Crippen LogP contribution < -0.4 is 0 Å². The lowest BCUT2D eigenvalue weighted by Crippen LogP contribution is -2.46. The fourth-order valence-electron chi connectivity index (χ4n) is 3.54. The van der Waals surface area contributed by atoms with Gasteiger partial charge in [0.1, 0.15) is 11.2 Å². The number of fused-ring (bicyclic) bond motifs is 1. The highest BCUT2D eigenvalue weighted by Gasteiger charge is 2.74. The van der Waals surface area contributed by atoms with Crippen molar-refractivity contribution >= 4 is 0 Å². The molecule has 3 nitrogen and oxygen atoms in total. The van der Waals surface area contributed by atoms with Gasteiger partial charge in [-0.3, -0.25) is 0 Å². The first-order valence-electron chi connectivity index (χ1n) is 6.61. The molecule has 1 saturated heterocycles. The molecule has 18 heavy (non-hydrogen) atoms. The SMILES string of the molecule is CC(=C/CO)/C=C/[C@@]12O[C@]1(C)C[C@@H](O)CC2(C)C. The number of ether oxygens (including phenoxy) is 1. The quantitative estimate of drug-likeness (QED) is 0.598. The summed E-state index contributed by atoms with van der Waals surface area (Å²) >= 11 is 0. The number of aliphatic hydroxyl groups excluding tert-OH is 2. The molecule has 3 atom stereocenters. The van der Waals surface area contributed by atoms with Crippen molar-refractivity contribution in [3.8, 4) is 0 Å². The molecule has 0 amide bonds. The van der Waals surface area contributed by atoms with Gasteiger partial charge in [0.15, 0.2) is 0 Å². The minimum Gasteiger partial charge on any atom is -0.393 e. The van der Waals surface area contributed by atoms with E-state index in [2.05, 4.69) is 26.8 Å². The van der Waals surface area contributed by atoms with Gasteiger partial charge in [0.2, 0.25) is 0 Å². The first kappa shape index (κ1) is 13.8. The van der Waals surface area contributed by atoms with Crippen molar-refractivity contribution in [2.75, 3.05) is 6.61 Å². The number of hydrogen-bond acceptors (Lipinski definition) is 3. The lowest BCUT2D eigenvalue weighted by Gasteiger charge is -2.39. The number of allylic oxidation sites excluding steroid dienone is 2. The van der Waals surface area contributed by atoms with E-state index in [1.807, 2.05) is 13.0 Å². The van der Waals surface area contributed by atoms with Gasteiger partial charge in [-0.05, 0) is 26.3 Å². The van der Waals surface area contributed by atoms with Crippen LogP contribution in [0.4, 0.5) is 0 Å². The minimum atomic E-state index is -0.275. The van der Waals surface area contributed by atoms with E-state index < -0.39 is 0 Å². The van der Waals surface area contributed by atoms with Gasteiger partial charge < -0.3 is 14.9 Å². The van der Waals surface area contributed by atoms with E-state index in [1.54, 1.807) is 6.08 Å². The minimum absolute atomic E-state index is 0.0589. The van der Waals surface area contributed by atoms with Gasteiger partial charge in [0, 0.05) is 11.8 Å². The third-order valence-corrected chi connectivity index (χ3v) is 4.50. The zero-order valence-electron chi connectivity index (χ0n) is 11.7. The predicted molar refractivity (Wildman–Crippen MR) is 71.2 cm³/mol. The lowest BCUT2D eigenvalue weighted by molar-refractivity contribution is 0.0515. The predicted octanol–water partition coefficient (Wildman–Crippen LogP) is 2.19. The number of hydrogen-bond donors (Lipinski definition) is 2. The lowest BCUT2D eigenvalue weighted by atomic mass is 9.63. The van der Waals surface area contributed by atoms with Gasteiger partial charge in [-0.25, -0.2) is 0 Å². The maximum atomic E-state index is 9.93. The number of epoxide rings is 1. The molecule has 1 heterocycles. The Morgan fingerprint density at radius 3 is 2.56 bits per heavy atom. The van der Waals surface area contributed by atoms with E-state index in [1.165, 1.54) is 0 Å². The fraction of sp³-hybridized carbons (Fsp3) is 0.733. The monoisotopic (exact) mass is 252 g/mol. The Balaban J connectivity index is 2.24. The molecule has 1 aliphatic heterocycles. The average Bonchev–Trinajstić information content (AvgIpc) is 2.82. The van der Waals surface area contributed by atoms with Crippen molar-refractivity contribution in [2.45, 2.75) is 57.8 Å². The summed E-state index contributed by atoms with van der Waals surface area (Å²) in [4.78, 5) is 0. The van der Waals surface area contributed by atoms with E-state index >= 15 is 0 Å². The summed E-state index contributed by atoms with van der Waals surface area (Å²) in [6, 6.07) is 0. The molecule has 1 saturated carbocycles. The first-order chi connectivity index (χ1) is 8.26. The highest BCUT2D eigenvalue weighted by Crippen LogP contribution is 2.66. The van der Waals surface area contributed by atoms with Crippen LogP contribution in [0.1, 0.15) is 40.5 Å². The van der Waals surface area contributed by atoms with Gasteiger partial charge >= 0.3 is 0 Å². The molecule has 0 unspecified atom stereocenters. The van der Waals surface area contributed by atoms with Crippen LogP contribution in [-0.4, -0.2) is 34.1 Å². The Bertz CT molecular complexity index is 397. The maximum absolute atomic E-state index is 9.93. The van der Waals surface area contributed by atoms with Crippen LogP contribution in [0.2, 0.25) is 0 Å². The Hall–Kier alpha value is -0.640. The average molecular weight is 252 g/mol. The van der Waals surface area contributed by atoms with Crippen LogP contribution in [-0.2, 0) is 4.74 Å². The van der Waals surface area contributed by atoms with Gasteiger partial charge in [-0.2, -0.15) is 0 Å². The van der Waals surface area contributed by atoms with Crippen LogP contribution in [0.25, 0.3) is 0 Å². The fourth-order valence-corrected chi connectivity index (χ4v) is 3.54. The summed E-state index contributed by atoms with van der Waals surface area (Å²) in [5.41, 5.74) is 0.440. The molecular weight excluding hydrogens is 228 g/mol. The molecule has 0 aromatic carbocycles. The van der Waals surface area contributed by atoms with Gasteiger partial charge in [0.25, 0.3) is 0 Å². The number of rotatable bonds is 3. The van der Waals surface area contributed by atoms with Crippen LogP contribution in [0, 0.1) is 5.41 Å². The maximum Gasteiger partial charge on any atom is 0.121 e. The molecular formula is C15H24O3. The van der Waals surface area contributed by atoms with E-state index in [0.717, 1.165) is 12.0 Å². The van der Waals surface area contributed by atoms with Crippen molar-refractivity contribution in [1.29, 1.82) is 0 Å². The summed E-state index contributed by atoms with van der Waals surface area (Å²) in [7, 11) is 0. The summed E-state index contributed by atoms with van der Waals surface area (Å²) in [6.45, 7) is 8.40. The summed E-state index contributed by atoms with van der Waals surface area (Å²) in [5.74, 6) is 0. The molecule has 0 aromatic heterocycles.